The molecule has 0 spiro atoms. The van der Waals surface area contributed by atoms with Crippen LogP contribution in [0.15, 0.2) is 60.7 Å². The number of benzene rings is 3. The third-order valence-corrected chi connectivity index (χ3v) is 5.63. The SMILES string of the molecule is CC(C)(C)c1cc(C=O)cc(NC(=O)Cc2ccc(NS(=O)Oc3ccc(O)cc3)cc2)c1O. The highest BCUT2D eigenvalue weighted by molar-refractivity contribution is 7.81. The highest BCUT2D eigenvalue weighted by Crippen LogP contribution is 2.37. The molecule has 1 amide bonds. The van der Waals surface area contributed by atoms with Crippen molar-refractivity contribution in [2.45, 2.75) is 32.6 Å². The van der Waals surface area contributed by atoms with E-state index in [0.717, 1.165) is 0 Å². The highest BCUT2D eigenvalue weighted by Gasteiger charge is 2.22. The van der Waals surface area contributed by atoms with Crippen LogP contribution in [-0.4, -0.2) is 26.6 Å². The molecule has 0 heterocycles. The average Bonchev–Trinajstić information content (AvgIpc) is 2.77. The van der Waals surface area contributed by atoms with Gasteiger partial charge in [-0.3, -0.25) is 14.3 Å². The first kappa shape index (κ1) is 24.8. The van der Waals surface area contributed by atoms with Gasteiger partial charge in [0, 0.05) is 16.8 Å². The number of aldehydes is 1. The van der Waals surface area contributed by atoms with Gasteiger partial charge in [0.2, 0.25) is 5.91 Å². The van der Waals surface area contributed by atoms with Gasteiger partial charge in [0.25, 0.3) is 0 Å². The molecule has 1 unspecified atom stereocenters. The van der Waals surface area contributed by atoms with Crippen LogP contribution in [0.4, 0.5) is 11.4 Å². The van der Waals surface area contributed by atoms with Crippen LogP contribution in [0.3, 0.4) is 0 Å². The Kier molecular flexibility index (Phi) is 7.57. The first-order chi connectivity index (χ1) is 16.0. The van der Waals surface area contributed by atoms with E-state index in [4.69, 9.17) is 4.18 Å². The second-order valence-corrected chi connectivity index (χ2v) is 9.51. The molecule has 0 aliphatic heterocycles. The van der Waals surface area contributed by atoms with Gasteiger partial charge in [-0.2, -0.15) is 4.21 Å². The molecule has 1 atom stereocenters. The Balaban J connectivity index is 1.62. The van der Waals surface area contributed by atoms with E-state index in [2.05, 4.69) is 10.0 Å². The molecule has 178 valence electrons. The summed E-state index contributed by atoms with van der Waals surface area (Å²) < 4.78 is 20.0. The van der Waals surface area contributed by atoms with Crippen molar-refractivity contribution in [2.24, 2.45) is 0 Å². The number of phenolic OH excluding ortho intramolecular Hbond substituents is 2. The largest absolute Gasteiger partial charge is 0.508 e. The van der Waals surface area contributed by atoms with Crippen LogP contribution >= 0.6 is 0 Å². The van der Waals surface area contributed by atoms with Crippen LogP contribution in [0.5, 0.6) is 17.2 Å². The van der Waals surface area contributed by atoms with Crippen molar-refractivity contribution in [3.8, 4) is 17.2 Å². The monoisotopic (exact) mass is 482 g/mol. The predicted octanol–water partition coefficient (Wildman–Crippen LogP) is 4.46. The molecule has 0 aliphatic rings. The zero-order valence-electron chi connectivity index (χ0n) is 19.0. The van der Waals surface area contributed by atoms with Crippen LogP contribution in [-0.2, 0) is 27.9 Å². The van der Waals surface area contributed by atoms with Crippen LogP contribution in [0.1, 0.15) is 42.3 Å². The van der Waals surface area contributed by atoms with Gasteiger partial charge in [-0.05, 0) is 59.5 Å². The number of carbonyl (C=O) groups excluding carboxylic acids is 2. The molecule has 0 radical (unpaired) electrons. The molecular formula is C25H26N2O6S. The number of hydrogen-bond donors (Lipinski definition) is 4. The second kappa shape index (κ2) is 10.4. The number of nitrogens with one attached hydrogen (secondary N) is 2. The molecule has 0 fully saturated rings. The molecule has 3 aromatic rings. The van der Waals surface area contributed by atoms with Crippen LogP contribution in [0, 0.1) is 0 Å². The zero-order chi connectivity index (χ0) is 24.9. The quantitative estimate of drug-likeness (QED) is 0.278. The number of rotatable bonds is 8. The molecule has 3 aromatic carbocycles. The summed E-state index contributed by atoms with van der Waals surface area (Å²) >= 11 is -1.86. The standard InChI is InChI=1S/C25H26N2O6S/c1-25(2,3)21-12-17(15-28)13-22(24(21)31)26-23(30)14-16-4-6-18(7-5-16)27-34(32)33-20-10-8-19(29)9-11-20/h4-13,15,27,29,31H,14H2,1-3H3,(H,26,30). The van der Waals surface area contributed by atoms with E-state index >= 15 is 0 Å². The van der Waals surface area contributed by atoms with Gasteiger partial charge < -0.3 is 19.7 Å². The van der Waals surface area contributed by atoms with Gasteiger partial charge in [0.1, 0.15) is 23.5 Å². The van der Waals surface area contributed by atoms with E-state index in [1.165, 1.54) is 30.3 Å². The number of amides is 1. The topological polar surface area (TPSA) is 125 Å². The van der Waals surface area contributed by atoms with Crippen molar-refractivity contribution in [2.75, 3.05) is 10.0 Å². The summed E-state index contributed by atoms with van der Waals surface area (Å²) in [7, 11) is 0. The zero-order valence-corrected chi connectivity index (χ0v) is 19.8. The maximum Gasteiger partial charge on any atom is 0.316 e. The molecule has 0 bridgehead atoms. The Morgan fingerprint density at radius 3 is 2.26 bits per heavy atom. The van der Waals surface area contributed by atoms with Crippen molar-refractivity contribution in [3.63, 3.8) is 0 Å². The molecule has 0 saturated heterocycles. The lowest BCUT2D eigenvalue weighted by Crippen LogP contribution is -2.17. The van der Waals surface area contributed by atoms with Gasteiger partial charge in [0.05, 0.1) is 12.1 Å². The third kappa shape index (κ3) is 6.58. The Hall–Kier alpha value is -3.85. The molecule has 8 nitrogen and oxygen atoms in total. The average molecular weight is 483 g/mol. The minimum atomic E-state index is -1.86. The van der Waals surface area contributed by atoms with E-state index in [0.29, 0.717) is 34.4 Å². The predicted molar refractivity (Wildman–Crippen MR) is 131 cm³/mol. The summed E-state index contributed by atoms with van der Waals surface area (Å²) in [4.78, 5) is 23.9. The third-order valence-electron chi connectivity index (χ3n) is 4.88. The first-order valence-corrected chi connectivity index (χ1v) is 11.5. The highest BCUT2D eigenvalue weighted by atomic mass is 32.2. The number of phenols is 2. The molecule has 0 saturated carbocycles. The fraction of sp³-hybridized carbons (Fsp3) is 0.200. The van der Waals surface area contributed by atoms with Crippen molar-refractivity contribution >= 4 is 34.8 Å². The Labute approximate surface area is 200 Å². The van der Waals surface area contributed by atoms with Crippen LogP contribution in [0.2, 0.25) is 0 Å². The number of hydrogen-bond acceptors (Lipinski definition) is 6. The van der Waals surface area contributed by atoms with Gasteiger partial charge >= 0.3 is 11.3 Å². The van der Waals surface area contributed by atoms with Crippen molar-refractivity contribution in [3.05, 3.63) is 77.4 Å². The van der Waals surface area contributed by atoms with E-state index in [1.807, 2.05) is 20.8 Å². The lowest BCUT2D eigenvalue weighted by Gasteiger charge is -2.22. The maximum absolute atomic E-state index is 12.6. The van der Waals surface area contributed by atoms with Crippen molar-refractivity contribution in [1.82, 2.24) is 0 Å². The summed E-state index contributed by atoms with van der Waals surface area (Å²) in [6.45, 7) is 5.71. The van der Waals surface area contributed by atoms with Crippen LogP contribution in [0.25, 0.3) is 0 Å². The minimum absolute atomic E-state index is 0.0307. The maximum atomic E-state index is 12.6. The molecule has 4 N–H and O–H groups in total. The molecule has 3 rings (SSSR count). The Bertz CT molecular complexity index is 1200. The Morgan fingerprint density at radius 2 is 1.68 bits per heavy atom. The summed E-state index contributed by atoms with van der Waals surface area (Å²) in [6, 6.07) is 15.6. The van der Waals surface area contributed by atoms with Crippen molar-refractivity contribution < 1.29 is 28.2 Å². The molecule has 0 aromatic heterocycles. The van der Waals surface area contributed by atoms with Crippen molar-refractivity contribution in [1.29, 1.82) is 0 Å². The number of carbonyl (C=O) groups is 2. The second-order valence-electron chi connectivity index (χ2n) is 8.67. The van der Waals surface area contributed by atoms with Crippen LogP contribution < -0.4 is 14.2 Å². The summed E-state index contributed by atoms with van der Waals surface area (Å²) in [6.07, 6.45) is 0.703. The molecular weight excluding hydrogens is 456 g/mol. The minimum Gasteiger partial charge on any atom is -0.508 e. The van der Waals surface area contributed by atoms with Gasteiger partial charge in [-0.1, -0.05) is 32.9 Å². The fourth-order valence-electron chi connectivity index (χ4n) is 3.17. The van der Waals surface area contributed by atoms with Gasteiger partial charge in [0.15, 0.2) is 0 Å². The Morgan fingerprint density at radius 1 is 1.03 bits per heavy atom. The number of aromatic hydroxyl groups is 2. The molecule has 0 aliphatic carbocycles. The fourth-order valence-corrected chi connectivity index (χ4v) is 3.82. The lowest BCUT2D eigenvalue weighted by atomic mass is 9.85. The normalized spacial score (nSPS) is 12.0. The summed E-state index contributed by atoms with van der Waals surface area (Å²) in [5.74, 6) is -0.0271. The van der Waals surface area contributed by atoms with E-state index in [1.54, 1.807) is 30.3 Å². The number of anilines is 2. The molecule has 34 heavy (non-hydrogen) atoms. The van der Waals surface area contributed by atoms with E-state index in [-0.39, 0.29) is 29.5 Å². The first-order valence-electron chi connectivity index (χ1n) is 10.4. The van der Waals surface area contributed by atoms with Gasteiger partial charge in [-0.25, -0.2) is 0 Å². The smallest absolute Gasteiger partial charge is 0.316 e. The lowest BCUT2D eigenvalue weighted by molar-refractivity contribution is -0.115. The summed E-state index contributed by atoms with van der Waals surface area (Å²) in [5.41, 5.74) is 1.89. The van der Waals surface area contributed by atoms with Gasteiger partial charge in [-0.15, -0.1) is 0 Å². The van der Waals surface area contributed by atoms with E-state index in [9.17, 15) is 24.0 Å². The molecule has 9 heteroatoms. The van der Waals surface area contributed by atoms with E-state index < -0.39 is 16.7 Å². The summed E-state index contributed by atoms with van der Waals surface area (Å²) in [5, 5.41) is 22.6.